The van der Waals surface area contributed by atoms with Gasteiger partial charge in [-0.05, 0) is 25.5 Å². The molecule has 0 saturated carbocycles. The summed E-state index contributed by atoms with van der Waals surface area (Å²) in [6, 6.07) is 1.45. The number of nitrogens with zero attached hydrogens (tertiary/aromatic N) is 2. The summed E-state index contributed by atoms with van der Waals surface area (Å²) in [6.07, 6.45) is 9.96. The van der Waals surface area contributed by atoms with Crippen LogP contribution in [0.3, 0.4) is 0 Å². The lowest BCUT2D eigenvalue weighted by molar-refractivity contribution is 0.622. The summed E-state index contributed by atoms with van der Waals surface area (Å²) in [5.74, 6) is 0.599. The fraction of sp³-hybridized carbons (Fsp3) is 0.429. The molecule has 19 heavy (non-hydrogen) atoms. The molecule has 0 unspecified atom stereocenters. The number of imidazole rings is 1. The molecule has 4 nitrogen and oxygen atoms in total. The first-order valence-corrected chi connectivity index (χ1v) is 6.64. The van der Waals surface area contributed by atoms with Crippen molar-refractivity contribution < 1.29 is 4.39 Å². The second-order valence-electron chi connectivity index (χ2n) is 4.59. The Labute approximate surface area is 112 Å². The molecule has 2 aromatic heterocycles. The van der Waals surface area contributed by atoms with Crippen molar-refractivity contribution in [2.24, 2.45) is 5.73 Å². The lowest BCUT2D eigenvalue weighted by atomic mass is 10.1. The molecule has 5 heteroatoms. The van der Waals surface area contributed by atoms with Crippen molar-refractivity contribution >= 4 is 0 Å². The van der Waals surface area contributed by atoms with Gasteiger partial charge in [-0.25, -0.2) is 9.37 Å². The fourth-order valence-electron chi connectivity index (χ4n) is 1.99. The van der Waals surface area contributed by atoms with Crippen LogP contribution >= 0.6 is 0 Å². The zero-order valence-electron chi connectivity index (χ0n) is 10.9. The fourth-order valence-corrected chi connectivity index (χ4v) is 1.99. The van der Waals surface area contributed by atoms with E-state index in [9.17, 15) is 4.39 Å². The van der Waals surface area contributed by atoms with Crippen molar-refractivity contribution in [3.05, 3.63) is 36.3 Å². The van der Waals surface area contributed by atoms with Gasteiger partial charge in [0.15, 0.2) is 0 Å². The van der Waals surface area contributed by atoms with Crippen molar-refractivity contribution in [1.82, 2.24) is 15.0 Å². The topological polar surface area (TPSA) is 67.6 Å². The Morgan fingerprint density at radius 1 is 1.11 bits per heavy atom. The van der Waals surface area contributed by atoms with E-state index >= 15 is 0 Å². The van der Waals surface area contributed by atoms with Crippen LogP contribution in [0.4, 0.5) is 4.39 Å². The number of rotatable bonds is 7. The Hall–Kier alpha value is -1.75. The summed E-state index contributed by atoms with van der Waals surface area (Å²) in [6.45, 7) is 0.761. The number of aromatic amines is 1. The number of aromatic nitrogens is 3. The molecule has 0 aliphatic rings. The number of hydrogen-bond acceptors (Lipinski definition) is 3. The van der Waals surface area contributed by atoms with Crippen LogP contribution in [0.1, 0.15) is 31.5 Å². The highest BCUT2D eigenvalue weighted by Crippen LogP contribution is 2.17. The molecule has 0 saturated heterocycles. The summed E-state index contributed by atoms with van der Waals surface area (Å²) >= 11 is 0. The maximum absolute atomic E-state index is 13.1. The third-order valence-electron chi connectivity index (χ3n) is 3.01. The first kappa shape index (κ1) is 13.7. The Kier molecular flexibility index (Phi) is 5.03. The molecular formula is C14H19FN4. The number of hydrogen-bond donors (Lipinski definition) is 2. The van der Waals surface area contributed by atoms with Crippen molar-refractivity contribution in [3.63, 3.8) is 0 Å². The molecule has 102 valence electrons. The van der Waals surface area contributed by atoms with E-state index in [-0.39, 0.29) is 5.82 Å². The largest absolute Gasteiger partial charge is 0.342 e. The first-order valence-electron chi connectivity index (χ1n) is 6.64. The molecular weight excluding hydrogens is 243 g/mol. The van der Waals surface area contributed by atoms with Gasteiger partial charge in [-0.15, -0.1) is 0 Å². The minimum atomic E-state index is -0.338. The second kappa shape index (κ2) is 6.99. The van der Waals surface area contributed by atoms with Gasteiger partial charge in [0.25, 0.3) is 0 Å². The number of H-pyrrole nitrogens is 1. The minimum Gasteiger partial charge on any atom is -0.342 e. The van der Waals surface area contributed by atoms with Crippen LogP contribution in [0.15, 0.2) is 24.7 Å². The van der Waals surface area contributed by atoms with Gasteiger partial charge in [0, 0.05) is 18.2 Å². The number of pyridine rings is 1. The van der Waals surface area contributed by atoms with Crippen LogP contribution in [0, 0.1) is 5.82 Å². The van der Waals surface area contributed by atoms with Gasteiger partial charge < -0.3 is 10.7 Å². The summed E-state index contributed by atoms with van der Waals surface area (Å²) in [7, 11) is 0. The van der Waals surface area contributed by atoms with Crippen LogP contribution in [0.5, 0.6) is 0 Å². The molecule has 2 rings (SSSR count). The number of aryl methyl sites for hydroxylation is 1. The monoisotopic (exact) mass is 262 g/mol. The van der Waals surface area contributed by atoms with Crippen LogP contribution in [-0.4, -0.2) is 21.5 Å². The normalized spacial score (nSPS) is 10.8. The van der Waals surface area contributed by atoms with Gasteiger partial charge >= 0.3 is 0 Å². The van der Waals surface area contributed by atoms with Gasteiger partial charge in [-0.3, -0.25) is 4.98 Å². The lowest BCUT2D eigenvalue weighted by Gasteiger charge is -1.99. The molecule has 0 amide bonds. The number of nitrogens with one attached hydrogen (secondary N) is 1. The molecule has 0 bridgehead atoms. The zero-order valence-corrected chi connectivity index (χ0v) is 10.9. The molecule has 0 fully saturated rings. The van der Waals surface area contributed by atoms with Crippen LogP contribution in [-0.2, 0) is 6.42 Å². The quantitative estimate of drug-likeness (QED) is 0.754. The highest BCUT2D eigenvalue weighted by molar-refractivity contribution is 5.56. The number of nitrogens with two attached hydrogens (primary N) is 1. The molecule has 0 aromatic carbocycles. The third kappa shape index (κ3) is 4.13. The van der Waals surface area contributed by atoms with Crippen LogP contribution in [0.2, 0.25) is 0 Å². The van der Waals surface area contributed by atoms with Crippen molar-refractivity contribution in [3.8, 4) is 11.3 Å². The van der Waals surface area contributed by atoms with E-state index in [0.29, 0.717) is 0 Å². The predicted molar refractivity (Wildman–Crippen MR) is 73.0 cm³/mol. The van der Waals surface area contributed by atoms with Crippen LogP contribution < -0.4 is 5.73 Å². The van der Waals surface area contributed by atoms with E-state index in [1.165, 1.54) is 12.3 Å². The average Bonchev–Trinajstić information content (AvgIpc) is 2.87. The maximum atomic E-state index is 13.1. The highest BCUT2D eigenvalue weighted by Gasteiger charge is 2.04. The van der Waals surface area contributed by atoms with Gasteiger partial charge in [0.2, 0.25) is 0 Å². The molecule has 3 N–H and O–H groups in total. The van der Waals surface area contributed by atoms with Gasteiger partial charge in [0.05, 0.1) is 18.1 Å². The van der Waals surface area contributed by atoms with Crippen molar-refractivity contribution in [2.45, 2.75) is 32.1 Å². The standard InChI is InChI=1S/C14H19FN4/c15-12-7-11(8-17-9-12)13-10-18-14(19-13)5-3-1-2-4-6-16/h7-10H,1-6,16H2,(H,18,19). The molecule has 2 heterocycles. The average molecular weight is 262 g/mol. The summed E-state index contributed by atoms with van der Waals surface area (Å²) in [4.78, 5) is 11.3. The Balaban J connectivity index is 1.88. The number of unbranched alkanes of at least 4 members (excludes halogenated alkanes) is 3. The van der Waals surface area contributed by atoms with Crippen molar-refractivity contribution in [2.75, 3.05) is 6.54 Å². The second-order valence-corrected chi connectivity index (χ2v) is 4.59. The Morgan fingerprint density at radius 3 is 2.74 bits per heavy atom. The summed E-state index contributed by atoms with van der Waals surface area (Å²) < 4.78 is 13.1. The lowest BCUT2D eigenvalue weighted by Crippen LogP contribution is -1.98. The third-order valence-corrected chi connectivity index (χ3v) is 3.01. The summed E-state index contributed by atoms with van der Waals surface area (Å²) in [5.41, 5.74) is 6.98. The van der Waals surface area contributed by atoms with Gasteiger partial charge in [-0.1, -0.05) is 12.8 Å². The molecule has 2 aromatic rings. The van der Waals surface area contributed by atoms with E-state index in [0.717, 1.165) is 55.7 Å². The van der Waals surface area contributed by atoms with E-state index in [1.54, 1.807) is 12.4 Å². The van der Waals surface area contributed by atoms with Crippen LogP contribution in [0.25, 0.3) is 11.3 Å². The van der Waals surface area contributed by atoms with E-state index < -0.39 is 0 Å². The Morgan fingerprint density at radius 2 is 1.95 bits per heavy atom. The summed E-state index contributed by atoms with van der Waals surface area (Å²) in [5, 5.41) is 0. The molecule has 0 aliphatic heterocycles. The Bertz CT molecular complexity index is 510. The van der Waals surface area contributed by atoms with Crippen molar-refractivity contribution in [1.29, 1.82) is 0 Å². The van der Waals surface area contributed by atoms with E-state index in [1.807, 2.05) is 0 Å². The first-order chi connectivity index (χ1) is 9.29. The number of halogens is 1. The van der Waals surface area contributed by atoms with E-state index in [4.69, 9.17) is 5.73 Å². The van der Waals surface area contributed by atoms with E-state index in [2.05, 4.69) is 15.0 Å². The highest BCUT2D eigenvalue weighted by atomic mass is 19.1. The van der Waals surface area contributed by atoms with Gasteiger partial charge in [-0.2, -0.15) is 0 Å². The predicted octanol–water partition coefficient (Wildman–Crippen LogP) is 2.67. The zero-order chi connectivity index (χ0) is 13.5. The molecule has 0 radical (unpaired) electrons. The molecule has 0 aliphatic carbocycles. The molecule has 0 spiro atoms. The maximum Gasteiger partial charge on any atom is 0.142 e. The smallest absolute Gasteiger partial charge is 0.142 e. The minimum absolute atomic E-state index is 0.338. The SMILES string of the molecule is NCCCCCCc1ncc(-c2cncc(F)c2)[nH]1. The van der Waals surface area contributed by atoms with Gasteiger partial charge in [0.1, 0.15) is 11.6 Å². The molecule has 0 atom stereocenters.